The SMILES string of the molecule is CCC(=O)OC[C@H](OC(=O)CC)C(=O)OC. The highest BCUT2D eigenvalue weighted by Gasteiger charge is 2.24. The molecule has 6 nitrogen and oxygen atoms in total. The third kappa shape index (κ3) is 5.33. The number of esters is 3. The fourth-order valence-corrected chi connectivity index (χ4v) is 0.794. The monoisotopic (exact) mass is 232 g/mol. The summed E-state index contributed by atoms with van der Waals surface area (Å²) >= 11 is 0. The Bertz CT molecular complexity index is 260. The first-order valence-corrected chi connectivity index (χ1v) is 4.98. The molecule has 0 unspecified atom stereocenters. The first-order chi connectivity index (χ1) is 7.54. The van der Waals surface area contributed by atoms with Crippen LogP contribution in [0.2, 0.25) is 0 Å². The summed E-state index contributed by atoms with van der Waals surface area (Å²) < 4.78 is 13.9. The molecular formula is C10H16O6. The Morgan fingerprint density at radius 2 is 1.62 bits per heavy atom. The van der Waals surface area contributed by atoms with E-state index in [0.29, 0.717) is 0 Å². The Hall–Kier alpha value is -1.59. The van der Waals surface area contributed by atoms with Gasteiger partial charge in [0, 0.05) is 12.8 Å². The van der Waals surface area contributed by atoms with Crippen LogP contribution < -0.4 is 0 Å². The summed E-state index contributed by atoms with van der Waals surface area (Å²) in [7, 11) is 1.16. The summed E-state index contributed by atoms with van der Waals surface area (Å²) in [6.45, 7) is 2.90. The Morgan fingerprint density at radius 1 is 1.06 bits per heavy atom. The van der Waals surface area contributed by atoms with Gasteiger partial charge < -0.3 is 14.2 Å². The fourth-order valence-electron chi connectivity index (χ4n) is 0.794. The van der Waals surface area contributed by atoms with Crippen molar-refractivity contribution in [2.75, 3.05) is 13.7 Å². The minimum Gasteiger partial charge on any atom is -0.466 e. The molecule has 0 rings (SSSR count). The minimum absolute atomic E-state index is 0.134. The average Bonchev–Trinajstić information content (AvgIpc) is 2.32. The van der Waals surface area contributed by atoms with Gasteiger partial charge in [-0.05, 0) is 0 Å². The maximum atomic E-state index is 11.2. The molecular weight excluding hydrogens is 216 g/mol. The van der Waals surface area contributed by atoms with Gasteiger partial charge in [0.2, 0.25) is 6.10 Å². The van der Waals surface area contributed by atoms with Crippen LogP contribution in [0.5, 0.6) is 0 Å². The van der Waals surface area contributed by atoms with Crippen LogP contribution in [0, 0.1) is 0 Å². The summed E-state index contributed by atoms with van der Waals surface area (Å²) in [5.74, 6) is -1.77. The quantitative estimate of drug-likeness (QED) is 0.488. The lowest BCUT2D eigenvalue weighted by molar-refractivity contribution is -0.172. The molecule has 0 N–H and O–H groups in total. The van der Waals surface area contributed by atoms with Crippen molar-refractivity contribution in [3.63, 3.8) is 0 Å². The Morgan fingerprint density at radius 3 is 2.06 bits per heavy atom. The molecule has 0 spiro atoms. The first kappa shape index (κ1) is 14.4. The molecule has 0 aromatic rings. The van der Waals surface area contributed by atoms with Crippen LogP contribution in [0.3, 0.4) is 0 Å². The molecule has 0 aromatic carbocycles. The van der Waals surface area contributed by atoms with E-state index in [-0.39, 0.29) is 19.4 Å². The zero-order valence-electron chi connectivity index (χ0n) is 9.65. The maximum absolute atomic E-state index is 11.2. The second-order valence-corrected chi connectivity index (χ2v) is 2.89. The molecule has 0 bridgehead atoms. The molecule has 0 fully saturated rings. The Kier molecular flexibility index (Phi) is 6.91. The Balaban J connectivity index is 4.26. The van der Waals surface area contributed by atoms with E-state index in [2.05, 4.69) is 4.74 Å². The minimum atomic E-state index is -1.19. The van der Waals surface area contributed by atoms with Crippen molar-refractivity contribution < 1.29 is 28.6 Å². The normalized spacial score (nSPS) is 11.4. The predicted octanol–water partition coefficient (Wildman–Crippen LogP) is 0.434. The Labute approximate surface area is 93.8 Å². The van der Waals surface area contributed by atoms with Gasteiger partial charge in [-0.25, -0.2) is 4.79 Å². The highest BCUT2D eigenvalue weighted by Crippen LogP contribution is 2.00. The van der Waals surface area contributed by atoms with Gasteiger partial charge in [-0.15, -0.1) is 0 Å². The van der Waals surface area contributed by atoms with Crippen LogP contribution in [0.1, 0.15) is 26.7 Å². The molecule has 0 aromatic heterocycles. The number of ether oxygens (including phenoxy) is 3. The topological polar surface area (TPSA) is 78.9 Å². The molecule has 92 valence electrons. The molecule has 1 atom stereocenters. The van der Waals surface area contributed by atoms with Crippen molar-refractivity contribution in [1.29, 1.82) is 0 Å². The van der Waals surface area contributed by atoms with Crippen molar-refractivity contribution in [2.45, 2.75) is 32.8 Å². The van der Waals surface area contributed by atoms with E-state index in [1.807, 2.05) is 0 Å². The molecule has 0 amide bonds. The van der Waals surface area contributed by atoms with E-state index in [4.69, 9.17) is 9.47 Å². The lowest BCUT2D eigenvalue weighted by atomic mass is 10.3. The van der Waals surface area contributed by atoms with Gasteiger partial charge >= 0.3 is 17.9 Å². The predicted molar refractivity (Wildman–Crippen MR) is 53.4 cm³/mol. The summed E-state index contributed by atoms with van der Waals surface area (Å²) in [6.07, 6.45) is -0.863. The average molecular weight is 232 g/mol. The molecule has 0 radical (unpaired) electrons. The largest absolute Gasteiger partial charge is 0.466 e. The van der Waals surface area contributed by atoms with Crippen LogP contribution in [0.4, 0.5) is 0 Å². The maximum Gasteiger partial charge on any atom is 0.350 e. The lowest BCUT2D eigenvalue weighted by Gasteiger charge is -2.14. The number of rotatable bonds is 6. The van der Waals surface area contributed by atoms with Crippen molar-refractivity contribution in [3.05, 3.63) is 0 Å². The van der Waals surface area contributed by atoms with Crippen molar-refractivity contribution in [3.8, 4) is 0 Å². The van der Waals surface area contributed by atoms with E-state index < -0.39 is 24.0 Å². The second-order valence-electron chi connectivity index (χ2n) is 2.89. The standard InChI is InChI=1S/C10H16O6/c1-4-8(11)15-6-7(10(13)14-3)16-9(12)5-2/h7H,4-6H2,1-3H3/t7-/m0/s1. The van der Waals surface area contributed by atoms with Crippen LogP contribution in [-0.4, -0.2) is 37.7 Å². The van der Waals surface area contributed by atoms with Gasteiger partial charge in [0.15, 0.2) is 0 Å². The number of carbonyl (C=O) groups excluding carboxylic acids is 3. The van der Waals surface area contributed by atoms with Crippen LogP contribution >= 0.6 is 0 Å². The summed E-state index contributed by atoms with van der Waals surface area (Å²) in [5, 5.41) is 0. The smallest absolute Gasteiger partial charge is 0.350 e. The summed E-state index contributed by atoms with van der Waals surface area (Å²) in [4.78, 5) is 33.0. The van der Waals surface area contributed by atoms with E-state index in [0.717, 1.165) is 7.11 Å². The number of carbonyl (C=O) groups is 3. The van der Waals surface area contributed by atoms with Crippen molar-refractivity contribution in [1.82, 2.24) is 0 Å². The van der Waals surface area contributed by atoms with Gasteiger partial charge in [0.25, 0.3) is 0 Å². The van der Waals surface area contributed by atoms with Gasteiger partial charge in [-0.2, -0.15) is 0 Å². The molecule has 0 aliphatic heterocycles. The molecule has 0 aliphatic rings. The van der Waals surface area contributed by atoms with E-state index in [1.165, 1.54) is 0 Å². The summed E-state index contributed by atoms with van der Waals surface area (Å²) in [6, 6.07) is 0. The van der Waals surface area contributed by atoms with Gasteiger partial charge in [-0.3, -0.25) is 9.59 Å². The van der Waals surface area contributed by atoms with Gasteiger partial charge in [0.05, 0.1) is 7.11 Å². The van der Waals surface area contributed by atoms with Crippen LogP contribution in [-0.2, 0) is 28.6 Å². The van der Waals surface area contributed by atoms with E-state index in [1.54, 1.807) is 13.8 Å². The number of methoxy groups -OCH3 is 1. The second kappa shape index (κ2) is 7.67. The van der Waals surface area contributed by atoms with Crippen LogP contribution in [0.25, 0.3) is 0 Å². The number of hydrogen-bond donors (Lipinski definition) is 0. The number of hydrogen-bond acceptors (Lipinski definition) is 6. The fraction of sp³-hybridized carbons (Fsp3) is 0.700. The lowest BCUT2D eigenvalue weighted by Crippen LogP contribution is -2.33. The summed E-state index contributed by atoms with van der Waals surface area (Å²) in [5.41, 5.74) is 0. The van der Waals surface area contributed by atoms with Crippen molar-refractivity contribution >= 4 is 17.9 Å². The highest BCUT2D eigenvalue weighted by molar-refractivity contribution is 5.79. The molecule has 16 heavy (non-hydrogen) atoms. The zero-order valence-corrected chi connectivity index (χ0v) is 9.65. The molecule has 0 heterocycles. The van der Waals surface area contributed by atoms with Gasteiger partial charge in [0.1, 0.15) is 6.61 Å². The van der Waals surface area contributed by atoms with E-state index in [9.17, 15) is 14.4 Å². The third-order valence-electron chi connectivity index (χ3n) is 1.71. The molecule has 6 heteroatoms. The molecule has 0 aliphatic carbocycles. The van der Waals surface area contributed by atoms with Gasteiger partial charge in [-0.1, -0.05) is 13.8 Å². The first-order valence-electron chi connectivity index (χ1n) is 4.98. The van der Waals surface area contributed by atoms with Crippen molar-refractivity contribution in [2.24, 2.45) is 0 Å². The van der Waals surface area contributed by atoms with E-state index >= 15 is 0 Å². The third-order valence-corrected chi connectivity index (χ3v) is 1.71. The zero-order chi connectivity index (χ0) is 12.6. The molecule has 0 saturated heterocycles. The molecule has 0 saturated carbocycles. The van der Waals surface area contributed by atoms with Crippen LogP contribution in [0.15, 0.2) is 0 Å². The highest BCUT2D eigenvalue weighted by atomic mass is 16.6.